The highest BCUT2D eigenvalue weighted by Gasteiger charge is 2.06. The van der Waals surface area contributed by atoms with E-state index in [4.69, 9.17) is 0 Å². The normalized spacial score (nSPS) is 10.2. The molecule has 0 unspecified atom stereocenters. The molecule has 0 aromatic carbocycles. The predicted molar refractivity (Wildman–Crippen MR) is 81.2 cm³/mol. The minimum absolute atomic E-state index is 0.151. The van der Waals surface area contributed by atoms with Gasteiger partial charge >= 0.3 is 0 Å². The summed E-state index contributed by atoms with van der Waals surface area (Å²) in [6, 6.07) is 3.61. The maximum absolute atomic E-state index is 11.9. The van der Waals surface area contributed by atoms with Gasteiger partial charge in [-0.3, -0.25) is 4.79 Å². The van der Waals surface area contributed by atoms with Crippen molar-refractivity contribution in [3.8, 4) is 0 Å². The monoisotopic (exact) mass is 290 g/mol. The zero-order valence-electron chi connectivity index (χ0n) is 11.4. The van der Waals surface area contributed by atoms with Crippen LogP contribution in [0.15, 0.2) is 29.2 Å². The van der Waals surface area contributed by atoms with E-state index < -0.39 is 0 Å². The van der Waals surface area contributed by atoms with Crippen LogP contribution in [0, 0.1) is 0 Å². The molecule has 0 fully saturated rings. The quantitative estimate of drug-likeness (QED) is 0.821. The highest BCUT2D eigenvalue weighted by atomic mass is 32.1. The first-order chi connectivity index (χ1) is 9.79. The van der Waals surface area contributed by atoms with Gasteiger partial charge in [-0.05, 0) is 18.6 Å². The number of nitrogens with one attached hydrogen (secondary N) is 2. The zero-order chi connectivity index (χ0) is 14.2. The minimum Gasteiger partial charge on any atom is -0.384 e. The van der Waals surface area contributed by atoms with Crippen molar-refractivity contribution in [3.05, 3.63) is 40.6 Å². The average Bonchev–Trinajstić information content (AvgIpc) is 2.99. The first-order valence-electron chi connectivity index (χ1n) is 6.64. The van der Waals surface area contributed by atoms with Gasteiger partial charge in [0.25, 0.3) is 5.91 Å². The summed E-state index contributed by atoms with van der Waals surface area (Å²) in [5.74, 6) is -0.151. The van der Waals surface area contributed by atoms with Crippen LogP contribution in [-0.4, -0.2) is 29.0 Å². The van der Waals surface area contributed by atoms with E-state index in [0.717, 1.165) is 30.8 Å². The topological polar surface area (TPSA) is 66.9 Å². The molecular weight excluding hydrogens is 272 g/mol. The summed E-state index contributed by atoms with van der Waals surface area (Å²) in [4.78, 5) is 20.2. The van der Waals surface area contributed by atoms with E-state index in [9.17, 15) is 4.79 Å². The van der Waals surface area contributed by atoms with Gasteiger partial charge in [0.1, 0.15) is 5.69 Å². The Kier molecular flexibility index (Phi) is 5.49. The van der Waals surface area contributed by atoms with Crippen molar-refractivity contribution in [3.63, 3.8) is 0 Å². The van der Waals surface area contributed by atoms with Crippen molar-refractivity contribution in [1.29, 1.82) is 0 Å². The van der Waals surface area contributed by atoms with Crippen LogP contribution in [0.5, 0.6) is 0 Å². The third-order valence-electron chi connectivity index (χ3n) is 2.73. The Hall–Kier alpha value is -1.95. The van der Waals surface area contributed by atoms with Gasteiger partial charge < -0.3 is 10.6 Å². The molecule has 2 aromatic heterocycles. The Balaban J connectivity index is 1.79. The fraction of sp³-hybridized carbons (Fsp3) is 0.357. The van der Waals surface area contributed by atoms with E-state index in [1.54, 1.807) is 29.1 Å². The van der Waals surface area contributed by atoms with Crippen LogP contribution in [0.25, 0.3) is 0 Å². The second-order valence-corrected chi connectivity index (χ2v) is 5.06. The number of anilines is 1. The van der Waals surface area contributed by atoms with Crippen LogP contribution in [0.3, 0.4) is 0 Å². The third kappa shape index (κ3) is 4.31. The summed E-state index contributed by atoms with van der Waals surface area (Å²) in [6.07, 6.45) is 3.48. The van der Waals surface area contributed by atoms with Crippen molar-refractivity contribution in [2.45, 2.75) is 19.8 Å². The molecule has 0 aliphatic heterocycles. The lowest BCUT2D eigenvalue weighted by Gasteiger charge is -2.06. The molecule has 1 amide bonds. The Morgan fingerprint density at radius 1 is 1.30 bits per heavy atom. The van der Waals surface area contributed by atoms with Gasteiger partial charge in [-0.15, -0.1) is 11.3 Å². The Morgan fingerprint density at radius 2 is 2.20 bits per heavy atom. The lowest BCUT2D eigenvalue weighted by molar-refractivity contribution is 0.0949. The molecule has 6 heteroatoms. The molecule has 106 valence electrons. The van der Waals surface area contributed by atoms with Crippen LogP contribution < -0.4 is 10.6 Å². The molecule has 0 saturated carbocycles. The number of rotatable bonds is 7. The third-order valence-corrected chi connectivity index (χ3v) is 3.36. The van der Waals surface area contributed by atoms with E-state index in [1.165, 1.54) is 0 Å². The molecule has 0 spiro atoms. The summed E-state index contributed by atoms with van der Waals surface area (Å²) >= 11 is 1.56. The fourth-order valence-corrected chi connectivity index (χ4v) is 2.25. The molecule has 0 atom stereocenters. The molecule has 2 N–H and O–H groups in total. The highest BCUT2D eigenvalue weighted by molar-refractivity contribution is 7.07. The number of carbonyl (C=O) groups excluding carboxylic acids is 1. The number of nitrogens with zero attached hydrogens (tertiary/aromatic N) is 2. The molecule has 2 rings (SSSR count). The van der Waals surface area contributed by atoms with Crippen molar-refractivity contribution in [1.82, 2.24) is 15.3 Å². The van der Waals surface area contributed by atoms with E-state index in [-0.39, 0.29) is 5.91 Å². The Morgan fingerprint density at radius 3 is 2.85 bits per heavy atom. The maximum atomic E-state index is 11.9. The number of aromatic nitrogens is 2. The number of thiazole rings is 1. The Bertz CT molecular complexity index is 525. The number of pyridine rings is 1. The van der Waals surface area contributed by atoms with Crippen molar-refractivity contribution < 1.29 is 4.79 Å². The van der Waals surface area contributed by atoms with E-state index >= 15 is 0 Å². The maximum Gasteiger partial charge on any atom is 0.269 e. The van der Waals surface area contributed by atoms with Crippen molar-refractivity contribution in [2.24, 2.45) is 0 Å². The zero-order valence-corrected chi connectivity index (χ0v) is 12.2. The molecule has 0 radical (unpaired) electrons. The number of hydrogen-bond acceptors (Lipinski definition) is 5. The largest absolute Gasteiger partial charge is 0.384 e. The van der Waals surface area contributed by atoms with E-state index in [2.05, 4.69) is 27.5 Å². The SMILES string of the molecule is CCCNc1ccc(C(=O)NCCc2cscn2)nc1. The smallest absolute Gasteiger partial charge is 0.269 e. The van der Waals surface area contributed by atoms with Crippen molar-refractivity contribution in [2.75, 3.05) is 18.4 Å². The van der Waals surface area contributed by atoms with Gasteiger partial charge in [0.2, 0.25) is 0 Å². The minimum atomic E-state index is -0.151. The van der Waals surface area contributed by atoms with Gasteiger partial charge in [-0.1, -0.05) is 6.92 Å². The molecular formula is C14H18N4OS. The number of amides is 1. The summed E-state index contributed by atoms with van der Waals surface area (Å²) < 4.78 is 0. The fourth-order valence-electron chi connectivity index (χ4n) is 1.66. The summed E-state index contributed by atoms with van der Waals surface area (Å²) in [7, 11) is 0. The van der Waals surface area contributed by atoms with Crippen LogP contribution in [0.4, 0.5) is 5.69 Å². The summed E-state index contributed by atoms with van der Waals surface area (Å²) in [5.41, 5.74) is 4.17. The molecule has 5 nitrogen and oxygen atoms in total. The average molecular weight is 290 g/mol. The second kappa shape index (κ2) is 7.59. The second-order valence-electron chi connectivity index (χ2n) is 4.34. The molecule has 0 aliphatic carbocycles. The van der Waals surface area contributed by atoms with Crippen molar-refractivity contribution >= 4 is 22.9 Å². The lowest BCUT2D eigenvalue weighted by Crippen LogP contribution is -2.26. The molecule has 2 heterocycles. The lowest BCUT2D eigenvalue weighted by atomic mass is 10.3. The molecule has 0 bridgehead atoms. The van der Waals surface area contributed by atoms with Crippen LogP contribution >= 0.6 is 11.3 Å². The first-order valence-corrected chi connectivity index (χ1v) is 7.59. The van der Waals surface area contributed by atoms with Gasteiger partial charge in [-0.2, -0.15) is 0 Å². The summed E-state index contributed by atoms with van der Waals surface area (Å²) in [5, 5.41) is 8.05. The predicted octanol–water partition coefficient (Wildman–Crippen LogP) is 2.33. The van der Waals surface area contributed by atoms with Gasteiger partial charge in [0, 0.05) is 24.9 Å². The highest BCUT2D eigenvalue weighted by Crippen LogP contribution is 2.06. The van der Waals surface area contributed by atoms with E-state index in [1.807, 2.05) is 11.4 Å². The van der Waals surface area contributed by atoms with E-state index in [0.29, 0.717) is 12.2 Å². The van der Waals surface area contributed by atoms with Crippen LogP contribution in [0.2, 0.25) is 0 Å². The van der Waals surface area contributed by atoms with Crippen LogP contribution in [0.1, 0.15) is 29.5 Å². The summed E-state index contributed by atoms with van der Waals surface area (Å²) in [6.45, 7) is 3.57. The van der Waals surface area contributed by atoms with Crippen LogP contribution in [-0.2, 0) is 6.42 Å². The molecule has 0 aliphatic rings. The molecule has 0 saturated heterocycles. The molecule has 20 heavy (non-hydrogen) atoms. The standard InChI is InChI=1S/C14H18N4OS/c1-2-6-15-11-3-4-13(17-8-11)14(19)16-7-5-12-9-20-10-18-12/h3-4,8-10,15H,2,5-7H2,1H3,(H,16,19). The number of carbonyl (C=O) groups is 1. The first kappa shape index (κ1) is 14.5. The Labute approximate surface area is 122 Å². The van der Waals surface area contributed by atoms with Gasteiger partial charge in [0.05, 0.1) is 23.1 Å². The van der Waals surface area contributed by atoms with Gasteiger partial charge in [-0.25, -0.2) is 9.97 Å². The molecule has 2 aromatic rings. The van der Waals surface area contributed by atoms with Gasteiger partial charge in [0.15, 0.2) is 0 Å². The number of hydrogen-bond donors (Lipinski definition) is 2.